The highest BCUT2D eigenvalue weighted by Gasteiger charge is 2.15. The van der Waals surface area contributed by atoms with Gasteiger partial charge in [0.15, 0.2) is 5.82 Å². The van der Waals surface area contributed by atoms with Gasteiger partial charge in [-0.3, -0.25) is 13.9 Å². The van der Waals surface area contributed by atoms with Crippen LogP contribution < -0.4 is 16.0 Å². The summed E-state index contributed by atoms with van der Waals surface area (Å²) in [6, 6.07) is 17.3. The van der Waals surface area contributed by atoms with Crippen LogP contribution in [-0.2, 0) is 20.1 Å². The summed E-state index contributed by atoms with van der Waals surface area (Å²) in [4.78, 5) is 25.5. The highest BCUT2D eigenvalue weighted by Crippen LogP contribution is 2.30. The molecule has 0 aliphatic carbocycles. The first-order valence-electron chi connectivity index (χ1n) is 11.4. The lowest BCUT2D eigenvalue weighted by atomic mass is 9.98. The Hall–Kier alpha value is -4.01. The first-order valence-corrected chi connectivity index (χ1v) is 11.4. The molecular weight excluding hydrogens is 432 g/mol. The maximum absolute atomic E-state index is 13.1. The van der Waals surface area contributed by atoms with Crippen LogP contribution in [0.5, 0.6) is 5.88 Å². The van der Waals surface area contributed by atoms with E-state index in [-0.39, 0.29) is 11.2 Å². The number of aryl methyl sites for hydroxylation is 1. The van der Waals surface area contributed by atoms with Crippen LogP contribution >= 0.6 is 0 Å². The third-order valence-corrected chi connectivity index (χ3v) is 5.54. The molecule has 0 spiro atoms. The van der Waals surface area contributed by atoms with Crippen molar-refractivity contribution in [2.75, 3.05) is 6.61 Å². The topological polar surface area (TPSA) is 96.8 Å². The van der Waals surface area contributed by atoms with Gasteiger partial charge in [0, 0.05) is 19.2 Å². The first-order chi connectivity index (χ1) is 16.5. The molecule has 2 aromatic heterocycles. The van der Waals surface area contributed by atoms with E-state index in [2.05, 4.69) is 15.5 Å². The zero-order valence-electron chi connectivity index (χ0n) is 19.6. The minimum absolute atomic E-state index is 0.299. The number of ether oxygens (including phenoxy) is 1. The van der Waals surface area contributed by atoms with Gasteiger partial charge in [0.2, 0.25) is 5.88 Å². The Kier molecular flexibility index (Phi) is 7.01. The highest BCUT2D eigenvalue weighted by atomic mass is 16.5. The predicted molar refractivity (Wildman–Crippen MR) is 130 cm³/mol. The van der Waals surface area contributed by atoms with Crippen molar-refractivity contribution < 1.29 is 4.74 Å². The van der Waals surface area contributed by atoms with E-state index in [1.165, 1.54) is 15.2 Å². The van der Waals surface area contributed by atoms with Crippen LogP contribution in [0.2, 0.25) is 0 Å². The van der Waals surface area contributed by atoms with E-state index in [1.54, 1.807) is 4.68 Å². The number of tetrazole rings is 1. The Labute approximate surface area is 197 Å². The van der Waals surface area contributed by atoms with Gasteiger partial charge >= 0.3 is 5.69 Å². The van der Waals surface area contributed by atoms with E-state index in [1.807, 2.05) is 69.4 Å². The Morgan fingerprint density at radius 1 is 0.912 bits per heavy atom. The number of nitrogens with zero attached hydrogens (tertiary/aromatic N) is 6. The van der Waals surface area contributed by atoms with Crippen molar-refractivity contribution in [3.05, 3.63) is 81.0 Å². The van der Waals surface area contributed by atoms with Crippen LogP contribution in [0.25, 0.3) is 22.5 Å². The predicted octanol–water partition coefficient (Wildman–Crippen LogP) is 3.11. The summed E-state index contributed by atoms with van der Waals surface area (Å²) in [5.74, 6) is 0.982. The lowest BCUT2D eigenvalue weighted by Gasteiger charge is -2.16. The maximum Gasteiger partial charge on any atom is 0.334 e. The van der Waals surface area contributed by atoms with Gasteiger partial charge in [0.1, 0.15) is 0 Å². The molecular formula is C25H28N6O3. The molecule has 0 fully saturated rings. The lowest BCUT2D eigenvalue weighted by Crippen LogP contribution is -2.40. The summed E-state index contributed by atoms with van der Waals surface area (Å²) < 4.78 is 10.2. The minimum atomic E-state index is -0.357. The molecule has 0 aliphatic rings. The normalized spacial score (nSPS) is 11.0. The van der Waals surface area contributed by atoms with E-state index >= 15 is 0 Å². The van der Waals surface area contributed by atoms with Crippen LogP contribution in [0.1, 0.15) is 32.3 Å². The summed E-state index contributed by atoms with van der Waals surface area (Å²) in [5, 5.41) is 11.8. The zero-order chi connectivity index (χ0) is 24.1. The minimum Gasteiger partial charge on any atom is -0.479 e. The molecule has 4 rings (SSSR count). The number of rotatable bonds is 9. The van der Waals surface area contributed by atoms with Crippen LogP contribution in [0, 0.1) is 0 Å². The molecule has 0 bridgehead atoms. The van der Waals surface area contributed by atoms with E-state index in [4.69, 9.17) is 4.74 Å². The second-order valence-corrected chi connectivity index (χ2v) is 8.06. The molecule has 0 saturated heterocycles. The number of hydrogen-bond acceptors (Lipinski definition) is 6. The second kappa shape index (κ2) is 10.3. The molecule has 2 aromatic carbocycles. The quantitative estimate of drug-likeness (QED) is 0.381. The van der Waals surface area contributed by atoms with E-state index in [0.717, 1.165) is 28.7 Å². The Balaban J connectivity index is 1.68. The Bertz CT molecular complexity index is 1390. The second-order valence-electron chi connectivity index (χ2n) is 8.06. The molecule has 0 amide bonds. The molecule has 0 saturated carbocycles. The first kappa shape index (κ1) is 23.2. The molecule has 9 nitrogen and oxygen atoms in total. The highest BCUT2D eigenvalue weighted by molar-refractivity contribution is 5.80. The summed E-state index contributed by atoms with van der Waals surface area (Å²) in [6.45, 7) is 5.03. The van der Waals surface area contributed by atoms with Gasteiger partial charge in [-0.15, -0.1) is 5.10 Å². The molecule has 0 atom stereocenters. The summed E-state index contributed by atoms with van der Waals surface area (Å²) in [5.41, 5.74) is 3.18. The van der Waals surface area contributed by atoms with Crippen molar-refractivity contribution >= 4 is 0 Å². The largest absolute Gasteiger partial charge is 0.479 e. The van der Waals surface area contributed by atoms with Crippen LogP contribution in [-0.4, -0.2) is 35.9 Å². The average molecular weight is 461 g/mol. The lowest BCUT2D eigenvalue weighted by molar-refractivity contribution is 0.282. The molecule has 0 N–H and O–H groups in total. The van der Waals surface area contributed by atoms with Crippen molar-refractivity contribution in [3.8, 4) is 28.4 Å². The van der Waals surface area contributed by atoms with Gasteiger partial charge in [-0.1, -0.05) is 62.4 Å². The SMILES string of the molecule is CCCOc1cc(=O)n(CCC)c(=O)n1Cc1ccc(-c2ccccc2-c2nnnn2C)cc1. The maximum atomic E-state index is 13.1. The van der Waals surface area contributed by atoms with Crippen molar-refractivity contribution in [3.63, 3.8) is 0 Å². The van der Waals surface area contributed by atoms with Gasteiger partial charge in [0.05, 0.1) is 19.2 Å². The van der Waals surface area contributed by atoms with Crippen molar-refractivity contribution in [2.24, 2.45) is 7.05 Å². The van der Waals surface area contributed by atoms with E-state index in [9.17, 15) is 9.59 Å². The summed E-state index contributed by atoms with van der Waals surface area (Å²) in [7, 11) is 1.81. The fraction of sp³-hybridized carbons (Fsp3) is 0.320. The average Bonchev–Trinajstić information content (AvgIpc) is 3.28. The number of benzene rings is 2. The van der Waals surface area contributed by atoms with Crippen molar-refractivity contribution in [1.82, 2.24) is 29.3 Å². The molecule has 9 heteroatoms. The zero-order valence-corrected chi connectivity index (χ0v) is 19.6. The third kappa shape index (κ3) is 4.68. The van der Waals surface area contributed by atoms with E-state index in [0.29, 0.717) is 37.8 Å². The van der Waals surface area contributed by atoms with Crippen LogP contribution in [0.4, 0.5) is 0 Å². The Morgan fingerprint density at radius 3 is 2.29 bits per heavy atom. The van der Waals surface area contributed by atoms with Crippen molar-refractivity contribution in [1.29, 1.82) is 0 Å². The monoisotopic (exact) mass is 460 g/mol. The Morgan fingerprint density at radius 2 is 1.65 bits per heavy atom. The molecule has 34 heavy (non-hydrogen) atoms. The number of hydrogen-bond donors (Lipinski definition) is 0. The standard InChI is InChI=1S/C25H28N6O3/c1-4-14-30-22(32)16-23(34-15-5-2)31(25(30)33)17-18-10-12-19(13-11-18)20-8-6-7-9-21(20)24-26-27-28-29(24)3/h6-13,16H,4-5,14-15,17H2,1-3H3. The summed E-state index contributed by atoms with van der Waals surface area (Å²) in [6.07, 6.45) is 1.47. The smallest absolute Gasteiger partial charge is 0.334 e. The van der Waals surface area contributed by atoms with Crippen LogP contribution in [0.3, 0.4) is 0 Å². The van der Waals surface area contributed by atoms with Crippen LogP contribution in [0.15, 0.2) is 64.2 Å². The third-order valence-electron chi connectivity index (χ3n) is 5.54. The van der Waals surface area contributed by atoms with Gasteiger partial charge in [-0.05, 0) is 40.0 Å². The summed E-state index contributed by atoms with van der Waals surface area (Å²) >= 11 is 0. The molecule has 2 heterocycles. The fourth-order valence-corrected chi connectivity index (χ4v) is 3.86. The fourth-order valence-electron chi connectivity index (χ4n) is 3.86. The van der Waals surface area contributed by atoms with Gasteiger partial charge in [-0.2, -0.15) is 0 Å². The molecule has 0 unspecified atom stereocenters. The van der Waals surface area contributed by atoms with Gasteiger partial charge < -0.3 is 4.74 Å². The van der Waals surface area contributed by atoms with Crippen molar-refractivity contribution in [2.45, 2.75) is 39.8 Å². The molecule has 4 aromatic rings. The van der Waals surface area contributed by atoms with E-state index < -0.39 is 0 Å². The number of aromatic nitrogens is 6. The molecule has 0 radical (unpaired) electrons. The molecule has 0 aliphatic heterocycles. The van der Waals surface area contributed by atoms with Gasteiger partial charge in [0.25, 0.3) is 5.56 Å². The molecule has 176 valence electrons. The van der Waals surface area contributed by atoms with Gasteiger partial charge in [-0.25, -0.2) is 9.48 Å².